The summed E-state index contributed by atoms with van der Waals surface area (Å²) in [6, 6.07) is -0.341. The molecular formula is C15H27N3O3. The van der Waals surface area contributed by atoms with E-state index in [0.717, 1.165) is 19.5 Å². The molecule has 1 aliphatic carbocycles. The zero-order valence-electron chi connectivity index (χ0n) is 13.1. The fraction of sp³-hybridized carbons (Fsp3) is 0.867. The number of carboxylic acid groups (broad SMARTS) is 1. The summed E-state index contributed by atoms with van der Waals surface area (Å²) >= 11 is 0. The van der Waals surface area contributed by atoms with E-state index in [1.807, 2.05) is 14.7 Å². The van der Waals surface area contributed by atoms with Crippen LogP contribution in [0.4, 0.5) is 4.79 Å². The molecule has 0 aromatic rings. The Kier molecular flexibility index (Phi) is 5.45. The average molecular weight is 297 g/mol. The molecule has 2 aliphatic rings. The molecule has 1 saturated heterocycles. The van der Waals surface area contributed by atoms with Crippen LogP contribution in [-0.4, -0.2) is 77.1 Å². The van der Waals surface area contributed by atoms with Crippen molar-refractivity contribution >= 4 is 12.0 Å². The topological polar surface area (TPSA) is 64.1 Å². The van der Waals surface area contributed by atoms with Crippen molar-refractivity contribution in [1.82, 2.24) is 14.7 Å². The molecule has 0 aromatic carbocycles. The SMILES string of the molecule is CCCN(CC1CC1)C(=O)N1CCN(C(C)C(=O)O)CC1. The molecule has 2 rings (SSSR count). The van der Waals surface area contributed by atoms with E-state index in [0.29, 0.717) is 32.1 Å². The number of amides is 2. The van der Waals surface area contributed by atoms with Crippen molar-refractivity contribution in [2.75, 3.05) is 39.3 Å². The Hall–Kier alpha value is -1.30. The molecule has 1 aliphatic heterocycles. The number of carboxylic acids is 1. The number of carbonyl (C=O) groups excluding carboxylic acids is 1. The van der Waals surface area contributed by atoms with Gasteiger partial charge in [-0.15, -0.1) is 0 Å². The molecule has 0 aromatic heterocycles. The first-order valence-corrected chi connectivity index (χ1v) is 8.03. The van der Waals surface area contributed by atoms with Gasteiger partial charge in [0.2, 0.25) is 0 Å². The Morgan fingerprint density at radius 2 is 1.86 bits per heavy atom. The van der Waals surface area contributed by atoms with E-state index in [9.17, 15) is 9.59 Å². The van der Waals surface area contributed by atoms with Crippen LogP contribution in [0.25, 0.3) is 0 Å². The van der Waals surface area contributed by atoms with Gasteiger partial charge in [-0.05, 0) is 32.1 Å². The van der Waals surface area contributed by atoms with Crippen molar-refractivity contribution in [3.63, 3.8) is 0 Å². The fourth-order valence-electron chi connectivity index (χ4n) is 2.80. The third-order valence-corrected chi connectivity index (χ3v) is 4.43. The Bertz CT molecular complexity index is 376. The molecule has 2 amide bonds. The standard InChI is InChI=1S/C15H27N3O3/c1-3-6-18(11-13-4-5-13)15(21)17-9-7-16(8-10-17)12(2)14(19)20/h12-13H,3-11H2,1-2H3,(H,19,20). The van der Waals surface area contributed by atoms with Gasteiger partial charge in [0.05, 0.1) is 0 Å². The summed E-state index contributed by atoms with van der Waals surface area (Å²) in [5.74, 6) is -0.0926. The quantitative estimate of drug-likeness (QED) is 0.803. The summed E-state index contributed by atoms with van der Waals surface area (Å²) in [5, 5.41) is 9.04. The molecule has 2 fully saturated rings. The maximum absolute atomic E-state index is 12.6. The highest BCUT2D eigenvalue weighted by molar-refractivity contribution is 5.75. The molecule has 1 atom stereocenters. The van der Waals surface area contributed by atoms with Gasteiger partial charge in [-0.2, -0.15) is 0 Å². The van der Waals surface area contributed by atoms with E-state index in [2.05, 4.69) is 6.92 Å². The second-order valence-corrected chi connectivity index (χ2v) is 6.21. The van der Waals surface area contributed by atoms with E-state index in [4.69, 9.17) is 5.11 Å². The van der Waals surface area contributed by atoms with Crippen molar-refractivity contribution in [2.45, 2.75) is 39.2 Å². The lowest BCUT2D eigenvalue weighted by Gasteiger charge is -2.39. The largest absolute Gasteiger partial charge is 0.480 e. The minimum absolute atomic E-state index is 0.131. The van der Waals surface area contributed by atoms with E-state index in [1.54, 1.807) is 6.92 Å². The van der Waals surface area contributed by atoms with Gasteiger partial charge in [0, 0.05) is 39.3 Å². The minimum atomic E-state index is -0.795. The molecule has 1 saturated carbocycles. The van der Waals surface area contributed by atoms with Crippen molar-refractivity contribution in [3.8, 4) is 0 Å². The maximum atomic E-state index is 12.6. The third kappa shape index (κ3) is 4.33. The first-order valence-electron chi connectivity index (χ1n) is 8.03. The highest BCUT2D eigenvalue weighted by Crippen LogP contribution is 2.30. The normalized spacial score (nSPS) is 21.1. The van der Waals surface area contributed by atoms with Gasteiger partial charge < -0.3 is 14.9 Å². The van der Waals surface area contributed by atoms with Gasteiger partial charge in [-0.3, -0.25) is 9.69 Å². The summed E-state index contributed by atoms with van der Waals surface area (Å²) in [4.78, 5) is 29.4. The number of aliphatic carboxylic acids is 1. The summed E-state index contributed by atoms with van der Waals surface area (Å²) in [6.45, 7) is 8.04. The fourth-order valence-corrected chi connectivity index (χ4v) is 2.80. The Morgan fingerprint density at radius 1 is 1.24 bits per heavy atom. The number of rotatable bonds is 6. The van der Waals surface area contributed by atoms with Crippen LogP contribution in [0.1, 0.15) is 33.1 Å². The van der Waals surface area contributed by atoms with Crippen molar-refractivity contribution in [1.29, 1.82) is 0 Å². The molecule has 0 bridgehead atoms. The third-order valence-electron chi connectivity index (χ3n) is 4.43. The Balaban J connectivity index is 1.84. The van der Waals surface area contributed by atoms with Gasteiger partial charge in [0.1, 0.15) is 6.04 Å². The molecule has 0 radical (unpaired) electrons. The lowest BCUT2D eigenvalue weighted by Crippen LogP contribution is -2.56. The molecule has 0 spiro atoms. The second kappa shape index (κ2) is 7.11. The zero-order chi connectivity index (χ0) is 15.4. The molecule has 1 unspecified atom stereocenters. The van der Waals surface area contributed by atoms with E-state index >= 15 is 0 Å². The number of hydrogen-bond donors (Lipinski definition) is 1. The minimum Gasteiger partial charge on any atom is -0.480 e. The average Bonchev–Trinajstić information content (AvgIpc) is 3.29. The monoisotopic (exact) mass is 297 g/mol. The molecule has 120 valence electrons. The summed E-state index contributed by atoms with van der Waals surface area (Å²) in [5.41, 5.74) is 0. The molecular weight excluding hydrogens is 270 g/mol. The van der Waals surface area contributed by atoms with Crippen LogP contribution in [0, 0.1) is 5.92 Å². The number of carbonyl (C=O) groups is 2. The molecule has 1 heterocycles. The predicted octanol–water partition coefficient (Wildman–Crippen LogP) is 1.32. The summed E-state index contributed by atoms with van der Waals surface area (Å²) in [7, 11) is 0. The van der Waals surface area contributed by atoms with Crippen LogP contribution in [0.3, 0.4) is 0 Å². The predicted molar refractivity (Wildman–Crippen MR) is 80.2 cm³/mol. The van der Waals surface area contributed by atoms with Gasteiger partial charge in [0.25, 0.3) is 0 Å². The number of hydrogen-bond acceptors (Lipinski definition) is 3. The highest BCUT2D eigenvalue weighted by atomic mass is 16.4. The zero-order valence-corrected chi connectivity index (χ0v) is 13.1. The Morgan fingerprint density at radius 3 is 2.33 bits per heavy atom. The van der Waals surface area contributed by atoms with Crippen LogP contribution < -0.4 is 0 Å². The van der Waals surface area contributed by atoms with Crippen molar-refractivity contribution in [3.05, 3.63) is 0 Å². The maximum Gasteiger partial charge on any atom is 0.320 e. The van der Waals surface area contributed by atoms with Crippen LogP contribution in [0.15, 0.2) is 0 Å². The van der Waals surface area contributed by atoms with Crippen LogP contribution in [-0.2, 0) is 4.79 Å². The van der Waals surface area contributed by atoms with Gasteiger partial charge in [0.15, 0.2) is 0 Å². The van der Waals surface area contributed by atoms with Crippen LogP contribution >= 0.6 is 0 Å². The van der Waals surface area contributed by atoms with Gasteiger partial charge >= 0.3 is 12.0 Å². The lowest BCUT2D eigenvalue weighted by molar-refractivity contribution is -0.143. The Labute approximate surface area is 126 Å². The smallest absolute Gasteiger partial charge is 0.320 e. The molecule has 21 heavy (non-hydrogen) atoms. The first-order chi connectivity index (χ1) is 10.0. The molecule has 1 N–H and O–H groups in total. The van der Waals surface area contributed by atoms with E-state index in [-0.39, 0.29) is 6.03 Å². The molecule has 6 nitrogen and oxygen atoms in total. The number of urea groups is 1. The summed E-state index contributed by atoms with van der Waals surface area (Å²) in [6.07, 6.45) is 3.48. The number of nitrogens with zero attached hydrogens (tertiary/aromatic N) is 3. The van der Waals surface area contributed by atoms with Gasteiger partial charge in [-0.25, -0.2) is 4.79 Å². The first kappa shape index (κ1) is 16.1. The lowest BCUT2D eigenvalue weighted by atomic mass is 10.2. The molecule has 6 heteroatoms. The highest BCUT2D eigenvalue weighted by Gasteiger charge is 2.31. The van der Waals surface area contributed by atoms with Crippen LogP contribution in [0.5, 0.6) is 0 Å². The second-order valence-electron chi connectivity index (χ2n) is 6.21. The van der Waals surface area contributed by atoms with E-state index < -0.39 is 12.0 Å². The van der Waals surface area contributed by atoms with Crippen molar-refractivity contribution in [2.24, 2.45) is 5.92 Å². The van der Waals surface area contributed by atoms with Crippen molar-refractivity contribution < 1.29 is 14.7 Å². The van der Waals surface area contributed by atoms with Gasteiger partial charge in [-0.1, -0.05) is 6.92 Å². The van der Waals surface area contributed by atoms with Crippen LogP contribution in [0.2, 0.25) is 0 Å². The van der Waals surface area contributed by atoms with E-state index in [1.165, 1.54) is 12.8 Å². The summed E-state index contributed by atoms with van der Waals surface area (Å²) < 4.78 is 0. The number of piperazine rings is 1.